The van der Waals surface area contributed by atoms with Gasteiger partial charge in [0.05, 0.1) is 7.11 Å². The first kappa shape index (κ1) is 14.6. The molecular weight excluding hydrogens is 274 g/mol. The third-order valence-electron chi connectivity index (χ3n) is 4.21. The smallest absolute Gasteiger partial charge is 0.210 e. The molecule has 1 aliphatic heterocycles. The molecule has 1 aliphatic rings. The fraction of sp³-hybridized carbons (Fsp3) is 0.316. The van der Waals surface area contributed by atoms with Gasteiger partial charge in [-0.25, -0.2) is 0 Å². The van der Waals surface area contributed by atoms with Gasteiger partial charge >= 0.3 is 0 Å². The summed E-state index contributed by atoms with van der Waals surface area (Å²) in [5.74, 6) is 1.27. The summed E-state index contributed by atoms with van der Waals surface area (Å²) in [6.45, 7) is 4.33. The molecule has 0 spiro atoms. The van der Waals surface area contributed by atoms with Crippen molar-refractivity contribution in [2.24, 2.45) is 0 Å². The molecule has 0 aromatic heterocycles. The van der Waals surface area contributed by atoms with Crippen LogP contribution < -0.4 is 4.74 Å². The predicted octanol–water partition coefficient (Wildman–Crippen LogP) is 4.31. The van der Waals surface area contributed by atoms with E-state index in [1.807, 2.05) is 24.3 Å². The van der Waals surface area contributed by atoms with Gasteiger partial charge in [0.2, 0.25) is 5.60 Å². The molecular formula is C19H19NO2. The Morgan fingerprint density at radius 3 is 2.23 bits per heavy atom. The summed E-state index contributed by atoms with van der Waals surface area (Å²) in [4.78, 5) is 0. The average molecular weight is 293 g/mol. The number of ether oxygens (including phenoxy) is 2. The lowest BCUT2D eigenvalue weighted by Gasteiger charge is -2.08. The summed E-state index contributed by atoms with van der Waals surface area (Å²) in [6.07, 6.45) is -0.202. The van der Waals surface area contributed by atoms with Crippen molar-refractivity contribution in [3.63, 3.8) is 0 Å². The normalized spacial score (nSPS) is 23.1. The van der Waals surface area contributed by atoms with E-state index in [-0.39, 0.29) is 6.10 Å². The van der Waals surface area contributed by atoms with Crippen LogP contribution in [0.15, 0.2) is 48.5 Å². The third kappa shape index (κ3) is 2.36. The van der Waals surface area contributed by atoms with Crippen LogP contribution in [0, 0.1) is 11.3 Å². The Hall–Kier alpha value is -2.31. The summed E-state index contributed by atoms with van der Waals surface area (Å²) >= 11 is 0. The molecule has 3 heteroatoms. The molecule has 0 saturated carbocycles. The fourth-order valence-corrected chi connectivity index (χ4v) is 2.72. The summed E-state index contributed by atoms with van der Waals surface area (Å²) in [5.41, 5.74) is 2.33. The standard InChI is InChI=1S/C19H19NO2/c1-13(2)14-4-6-15(7-5-14)18-19(12-20,22-18)16-8-10-17(21-3)11-9-16/h4-11,13,18H,1-3H3. The van der Waals surface area contributed by atoms with Crippen LogP contribution in [0.2, 0.25) is 0 Å². The van der Waals surface area contributed by atoms with Crippen LogP contribution >= 0.6 is 0 Å². The van der Waals surface area contributed by atoms with Crippen LogP contribution in [0.3, 0.4) is 0 Å². The van der Waals surface area contributed by atoms with E-state index < -0.39 is 5.60 Å². The molecule has 2 unspecified atom stereocenters. The van der Waals surface area contributed by atoms with Crippen LogP contribution in [-0.2, 0) is 10.3 Å². The highest BCUT2D eigenvalue weighted by molar-refractivity contribution is 5.44. The van der Waals surface area contributed by atoms with Gasteiger partial charge in [-0.05, 0) is 29.2 Å². The van der Waals surface area contributed by atoms with Crippen molar-refractivity contribution in [3.05, 3.63) is 65.2 Å². The van der Waals surface area contributed by atoms with E-state index in [1.54, 1.807) is 7.11 Å². The first-order valence-electron chi connectivity index (χ1n) is 7.44. The summed E-state index contributed by atoms with van der Waals surface area (Å²) in [6, 6.07) is 18.2. The molecule has 112 valence electrons. The zero-order valence-electron chi connectivity index (χ0n) is 13.0. The summed E-state index contributed by atoms with van der Waals surface area (Å²) in [7, 11) is 1.63. The molecule has 0 aliphatic carbocycles. The molecule has 3 rings (SSSR count). The minimum Gasteiger partial charge on any atom is -0.497 e. The van der Waals surface area contributed by atoms with Gasteiger partial charge in [0.25, 0.3) is 0 Å². The van der Waals surface area contributed by atoms with Crippen molar-refractivity contribution in [2.45, 2.75) is 31.5 Å². The summed E-state index contributed by atoms with van der Waals surface area (Å²) in [5, 5.41) is 9.60. The molecule has 0 N–H and O–H groups in total. The fourth-order valence-electron chi connectivity index (χ4n) is 2.72. The van der Waals surface area contributed by atoms with Gasteiger partial charge in [-0.1, -0.05) is 50.2 Å². The van der Waals surface area contributed by atoms with Gasteiger partial charge in [0, 0.05) is 5.56 Å². The lowest BCUT2D eigenvalue weighted by Crippen LogP contribution is -2.07. The molecule has 0 radical (unpaired) electrons. The molecule has 0 bridgehead atoms. The van der Waals surface area contributed by atoms with Crippen molar-refractivity contribution in [1.29, 1.82) is 5.26 Å². The molecule has 2 aromatic rings. The third-order valence-corrected chi connectivity index (χ3v) is 4.21. The van der Waals surface area contributed by atoms with E-state index in [4.69, 9.17) is 9.47 Å². The number of rotatable bonds is 4. The predicted molar refractivity (Wildman–Crippen MR) is 84.6 cm³/mol. The number of hydrogen-bond donors (Lipinski definition) is 0. The average Bonchev–Trinajstić information content (AvgIpc) is 3.31. The molecule has 1 fully saturated rings. The van der Waals surface area contributed by atoms with Crippen LogP contribution in [0.25, 0.3) is 0 Å². The Bertz CT molecular complexity index is 698. The van der Waals surface area contributed by atoms with E-state index in [0.717, 1.165) is 16.9 Å². The highest BCUT2D eigenvalue weighted by atomic mass is 16.6. The largest absolute Gasteiger partial charge is 0.497 e. The molecule has 1 heterocycles. The van der Waals surface area contributed by atoms with Gasteiger partial charge in [-0.15, -0.1) is 0 Å². The van der Waals surface area contributed by atoms with E-state index in [1.165, 1.54) is 5.56 Å². The maximum Gasteiger partial charge on any atom is 0.210 e. The lowest BCUT2D eigenvalue weighted by atomic mass is 9.92. The maximum atomic E-state index is 9.60. The lowest BCUT2D eigenvalue weighted by molar-refractivity contribution is 0.340. The van der Waals surface area contributed by atoms with Gasteiger partial charge in [0.1, 0.15) is 17.9 Å². The molecule has 22 heavy (non-hydrogen) atoms. The van der Waals surface area contributed by atoms with Crippen molar-refractivity contribution >= 4 is 0 Å². The Balaban J connectivity index is 1.86. The highest BCUT2D eigenvalue weighted by Crippen LogP contribution is 2.56. The Morgan fingerprint density at radius 1 is 1.09 bits per heavy atom. The first-order valence-corrected chi connectivity index (χ1v) is 7.44. The van der Waals surface area contributed by atoms with Gasteiger partial charge in [-0.3, -0.25) is 0 Å². The van der Waals surface area contributed by atoms with E-state index in [2.05, 4.69) is 44.2 Å². The van der Waals surface area contributed by atoms with Crippen molar-refractivity contribution in [3.8, 4) is 11.8 Å². The van der Waals surface area contributed by atoms with Crippen LogP contribution in [0.5, 0.6) is 5.75 Å². The van der Waals surface area contributed by atoms with Crippen molar-refractivity contribution in [1.82, 2.24) is 0 Å². The zero-order valence-corrected chi connectivity index (χ0v) is 13.0. The van der Waals surface area contributed by atoms with E-state index in [9.17, 15) is 5.26 Å². The van der Waals surface area contributed by atoms with Crippen LogP contribution in [0.4, 0.5) is 0 Å². The minimum absolute atomic E-state index is 0.202. The molecule has 1 saturated heterocycles. The molecule has 0 amide bonds. The SMILES string of the molecule is COc1ccc(C2(C#N)OC2c2ccc(C(C)C)cc2)cc1. The Labute approximate surface area is 131 Å². The first-order chi connectivity index (χ1) is 10.6. The highest BCUT2D eigenvalue weighted by Gasteiger charge is 2.59. The van der Waals surface area contributed by atoms with Gasteiger partial charge in [0.15, 0.2) is 0 Å². The Morgan fingerprint density at radius 2 is 1.73 bits per heavy atom. The van der Waals surface area contributed by atoms with Crippen molar-refractivity contribution < 1.29 is 9.47 Å². The second-order valence-electron chi connectivity index (χ2n) is 5.90. The number of benzene rings is 2. The van der Waals surface area contributed by atoms with E-state index >= 15 is 0 Å². The molecule has 3 nitrogen and oxygen atoms in total. The number of hydrogen-bond acceptors (Lipinski definition) is 3. The van der Waals surface area contributed by atoms with Crippen LogP contribution in [0.1, 0.15) is 42.6 Å². The maximum absolute atomic E-state index is 9.60. The van der Waals surface area contributed by atoms with E-state index in [0.29, 0.717) is 5.92 Å². The number of methoxy groups -OCH3 is 1. The Kier molecular flexibility index (Phi) is 3.64. The minimum atomic E-state index is -0.869. The zero-order chi connectivity index (χ0) is 15.7. The monoisotopic (exact) mass is 293 g/mol. The second kappa shape index (κ2) is 5.47. The molecule has 2 atom stereocenters. The van der Waals surface area contributed by atoms with Crippen LogP contribution in [-0.4, -0.2) is 7.11 Å². The second-order valence-corrected chi connectivity index (χ2v) is 5.90. The number of nitrogens with zero attached hydrogens (tertiary/aromatic N) is 1. The topological polar surface area (TPSA) is 45.5 Å². The molecule has 2 aromatic carbocycles. The number of epoxide rings is 1. The van der Waals surface area contributed by atoms with Gasteiger partial charge in [-0.2, -0.15) is 5.26 Å². The quantitative estimate of drug-likeness (QED) is 0.789. The van der Waals surface area contributed by atoms with Gasteiger partial charge < -0.3 is 9.47 Å². The van der Waals surface area contributed by atoms with Crippen molar-refractivity contribution in [2.75, 3.05) is 7.11 Å². The number of nitriles is 1. The summed E-state index contributed by atoms with van der Waals surface area (Å²) < 4.78 is 11.0.